The van der Waals surface area contributed by atoms with E-state index in [1.807, 2.05) is 32.7 Å². The largest absolute Gasteiger partial charge is 0.474 e. The van der Waals surface area contributed by atoms with E-state index < -0.39 is 0 Å². The van der Waals surface area contributed by atoms with Crippen LogP contribution in [0.15, 0.2) is 12.3 Å². The summed E-state index contributed by atoms with van der Waals surface area (Å²) in [6.45, 7) is 7.02. The molecule has 1 aliphatic heterocycles. The standard InChI is InChI=1S/C17H23N5O2/c1-11-16(12(2)21(4)20-11)17(23)22-9-6-14(7-10-22)24-15-5-8-18-13(3)19-15/h5,8,14H,6-7,9-10H2,1-4H3. The predicted molar refractivity (Wildman–Crippen MR) is 89.0 cm³/mol. The Balaban J connectivity index is 1.61. The molecule has 2 aromatic rings. The maximum Gasteiger partial charge on any atom is 0.257 e. The van der Waals surface area contributed by atoms with Gasteiger partial charge in [0.05, 0.1) is 11.3 Å². The number of aromatic nitrogens is 4. The summed E-state index contributed by atoms with van der Waals surface area (Å²) in [6, 6.07) is 1.77. The van der Waals surface area contributed by atoms with Gasteiger partial charge in [0.25, 0.3) is 5.91 Å². The monoisotopic (exact) mass is 329 g/mol. The van der Waals surface area contributed by atoms with Gasteiger partial charge in [-0.3, -0.25) is 9.48 Å². The summed E-state index contributed by atoms with van der Waals surface area (Å²) in [5.74, 6) is 1.36. The van der Waals surface area contributed by atoms with Gasteiger partial charge in [-0.25, -0.2) is 4.98 Å². The van der Waals surface area contributed by atoms with Gasteiger partial charge in [0.2, 0.25) is 5.88 Å². The molecule has 3 heterocycles. The van der Waals surface area contributed by atoms with Crippen molar-refractivity contribution in [3.05, 3.63) is 35.0 Å². The second-order valence-electron chi connectivity index (χ2n) is 6.22. The third kappa shape index (κ3) is 3.25. The molecule has 1 aliphatic rings. The van der Waals surface area contributed by atoms with Crippen molar-refractivity contribution in [1.29, 1.82) is 0 Å². The number of ether oxygens (including phenoxy) is 1. The molecule has 0 radical (unpaired) electrons. The van der Waals surface area contributed by atoms with Gasteiger partial charge in [-0.2, -0.15) is 10.1 Å². The van der Waals surface area contributed by atoms with E-state index in [0.717, 1.165) is 29.8 Å². The van der Waals surface area contributed by atoms with Crippen LogP contribution in [0.4, 0.5) is 0 Å². The Labute approximate surface area is 141 Å². The summed E-state index contributed by atoms with van der Waals surface area (Å²) in [5, 5.41) is 4.34. The number of likely N-dealkylation sites (tertiary alicyclic amines) is 1. The molecule has 0 unspecified atom stereocenters. The number of rotatable bonds is 3. The van der Waals surface area contributed by atoms with E-state index in [4.69, 9.17) is 4.74 Å². The first-order chi connectivity index (χ1) is 11.5. The highest BCUT2D eigenvalue weighted by molar-refractivity contribution is 5.96. The molecule has 3 rings (SSSR count). The highest BCUT2D eigenvalue weighted by Crippen LogP contribution is 2.21. The molecule has 128 valence electrons. The number of aryl methyl sites for hydroxylation is 3. The van der Waals surface area contributed by atoms with Crippen molar-refractivity contribution in [2.24, 2.45) is 7.05 Å². The van der Waals surface area contributed by atoms with E-state index >= 15 is 0 Å². The van der Waals surface area contributed by atoms with Crippen LogP contribution in [-0.2, 0) is 7.05 Å². The van der Waals surface area contributed by atoms with E-state index in [0.29, 0.717) is 24.8 Å². The number of carbonyl (C=O) groups is 1. The van der Waals surface area contributed by atoms with Crippen LogP contribution in [0.2, 0.25) is 0 Å². The average Bonchev–Trinajstić information content (AvgIpc) is 2.80. The average molecular weight is 329 g/mol. The van der Waals surface area contributed by atoms with Gasteiger partial charge < -0.3 is 9.64 Å². The van der Waals surface area contributed by atoms with E-state index in [2.05, 4.69) is 15.1 Å². The lowest BCUT2D eigenvalue weighted by Gasteiger charge is -2.32. The minimum absolute atomic E-state index is 0.0643. The third-order valence-corrected chi connectivity index (χ3v) is 4.49. The van der Waals surface area contributed by atoms with E-state index in [-0.39, 0.29) is 12.0 Å². The number of piperidine rings is 1. The Morgan fingerprint density at radius 1 is 1.25 bits per heavy atom. The summed E-state index contributed by atoms with van der Waals surface area (Å²) in [4.78, 5) is 23.0. The molecule has 0 saturated carbocycles. The zero-order chi connectivity index (χ0) is 17.3. The molecule has 0 aromatic carbocycles. The molecule has 1 fully saturated rings. The molecule has 1 saturated heterocycles. The maximum atomic E-state index is 12.8. The number of hydrogen-bond acceptors (Lipinski definition) is 5. The van der Waals surface area contributed by atoms with Crippen LogP contribution in [0.1, 0.15) is 40.4 Å². The zero-order valence-corrected chi connectivity index (χ0v) is 14.6. The van der Waals surface area contributed by atoms with Crippen LogP contribution in [0.5, 0.6) is 5.88 Å². The lowest BCUT2D eigenvalue weighted by Crippen LogP contribution is -2.42. The minimum atomic E-state index is 0.0643. The first-order valence-electron chi connectivity index (χ1n) is 8.21. The van der Waals surface area contributed by atoms with E-state index in [1.54, 1.807) is 16.9 Å². The summed E-state index contributed by atoms with van der Waals surface area (Å²) in [6.07, 6.45) is 3.38. The molecule has 0 bridgehead atoms. The van der Waals surface area contributed by atoms with Gasteiger partial charge in [-0.15, -0.1) is 0 Å². The number of carbonyl (C=O) groups excluding carboxylic acids is 1. The Morgan fingerprint density at radius 2 is 1.96 bits per heavy atom. The Kier molecular flexibility index (Phi) is 4.51. The second kappa shape index (κ2) is 6.59. The van der Waals surface area contributed by atoms with E-state index in [1.165, 1.54) is 0 Å². The summed E-state index contributed by atoms with van der Waals surface area (Å²) >= 11 is 0. The molecule has 0 N–H and O–H groups in total. The quantitative estimate of drug-likeness (QED) is 0.859. The van der Waals surface area contributed by atoms with Crippen molar-refractivity contribution in [3.8, 4) is 5.88 Å². The Bertz CT molecular complexity index is 747. The fourth-order valence-electron chi connectivity index (χ4n) is 3.09. The number of hydrogen-bond donors (Lipinski definition) is 0. The van der Waals surface area contributed by atoms with Crippen molar-refractivity contribution >= 4 is 5.91 Å². The fourth-order valence-corrected chi connectivity index (χ4v) is 3.09. The number of nitrogens with zero attached hydrogens (tertiary/aromatic N) is 5. The summed E-state index contributed by atoms with van der Waals surface area (Å²) in [5.41, 5.74) is 2.42. The zero-order valence-electron chi connectivity index (χ0n) is 14.6. The normalized spacial score (nSPS) is 15.6. The van der Waals surface area contributed by atoms with Crippen LogP contribution in [0.25, 0.3) is 0 Å². The summed E-state index contributed by atoms with van der Waals surface area (Å²) < 4.78 is 7.68. The van der Waals surface area contributed by atoms with Crippen molar-refractivity contribution in [2.45, 2.75) is 39.7 Å². The highest BCUT2D eigenvalue weighted by atomic mass is 16.5. The minimum Gasteiger partial charge on any atom is -0.474 e. The molecular formula is C17H23N5O2. The van der Waals surface area contributed by atoms with Crippen LogP contribution in [0.3, 0.4) is 0 Å². The molecular weight excluding hydrogens is 306 g/mol. The summed E-state index contributed by atoms with van der Waals surface area (Å²) in [7, 11) is 1.86. The molecule has 1 amide bonds. The highest BCUT2D eigenvalue weighted by Gasteiger charge is 2.28. The van der Waals surface area contributed by atoms with Gasteiger partial charge in [-0.05, 0) is 20.8 Å². The predicted octanol–water partition coefficient (Wildman–Crippen LogP) is 1.82. The van der Waals surface area contributed by atoms with Gasteiger partial charge in [-0.1, -0.05) is 0 Å². The van der Waals surface area contributed by atoms with Crippen molar-refractivity contribution in [2.75, 3.05) is 13.1 Å². The smallest absolute Gasteiger partial charge is 0.257 e. The molecule has 2 aromatic heterocycles. The van der Waals surface area contributed by atoms with Gasteiger partial charge in [0, 0.05) is 50.9 Å². The second-order valence-corrected chi connectivity index (χ2v) is 6.22. The number of amides is 1. The molecule has 0 aliphatic carbocycles. The SMILES string of the molecule is Cc1nccc(OC2CCN(C(=O)c3c(C)nn(C)c3C)CC2)n1. The van der Waals surface area contributed by atoms with E-state index in [9.17, 15) is 4.79 Å². The first-order valence-corrected chi connectivity index (χ1v) is 8.21. The lowest BCUT2D eigenvalue weighted by molar-refractivity contribution is 0.0586. The molecule has 0 atom stereocenters. The molecule has 7 heteroatoms. The fraction of sp³-hybridized carbons (Fsp3) is 0.529. The van der Waals surface area contributed by atoms with Crippen LogP contribution in [-0.4, -0.2) is 49.7 Å². The van der Waals surface area contributed by atoms with Gasteiger partial charge in [0.15, 0.2) is 0 Å². The van der Waals surface area contributed by atoms with Gasteiger partial charge >= 0.3 is 0 Å². The Hall–Kier alpha value is -2.44. The first kappa shape index (κ1) is 16.4. The van der Waals surface area contributed by atoms with Crippen LogP contribution < -0.4 is 4.74 Å². The van der Waals surface area contributed by atoms with Crippen molar-refractivity contribution in [1.82, 2.24) is 24.6 Å². The molecule has 7 nitrogen and oxygen atoms in total. The lowest BCUT2D eigenvalue weighted by atomic mass is 10.1. The maximum absolute atomic E-state index is 12.8. The topological polar surface area (TPSA) is 73.1 Å². The van der Waals surface area contributed by atoms with Crippen molar-refractivity contribution in [3.63, 3.8) is 0 Å². The van der Waals surface area contributed by atoms with Crippen molar-refractivity contribution < 1.29 is 9.53 Å². The van der Waals surface area contributed by atoms with Crippen LogP contribution >= 0.6 is 0 Å². The molecule has 24 heavy (non-hydrogen) atoms. The third-order valence-electron chi connectivity index (χ3n) is 4.49. The molecule has 0 spiro atoms. The van der Waals surface area contributed by atoms with Gasteiger partial charge in [0.1, 0.15) is 11.9 Å². The van der Waals surface area contributed by atoms with Crippen LogP contribution in [0, 0.1) is 20.8 Å². The Morgan fingerprint density at radius 3 is 2.54 bits per heavy atom.